The van der Waals surface area contributed by atoms with Gasteiger partial charge in [0.15, 0.2) is 5.82 Å². The molecule has 0 aliphatic heterocycles. The highest BCUT2D eigenvalue weighted by Crippen LogP contribution is 2.30. The molecule has 3 aromatic rings. The molecule has 0 fully saturated rings. The molecule has 0 saturated heterocycles. The van der Waals surface area contributed by atoms with E-state index in [2.05, 4.69) is 15.3 Å². The van der Waals surface area contributed by atoms with E-state index >= 15 is 0 Å². The van der Waals surface area contributed by atoms with Crippen molar-refractivity contribution in [3.8, 4) is 17.1 Å². The second-order valence-corrected chi connectivity index (χ2v) is 5.85. The lowest BCUT2D eigenvalue weighted by atomic mass is 10.1. The van der Waals surface area contributed by atoms with Crippen LogP contribution >= 0.6 is 12.2 Å². The predicted octanol–water partition coefficient (Wildman–Crippen LogP) is 4.91. The maximum atomic E-state index is 12.9. The summed E-state index contributed by atoms with van der Waals surface area (Å²) in [7, 11) is 0. The third kappa shape index (κ3) is 4.25. The van der Waals surface area contributed by atoms with E-state index in [9.17, 15) is 13.2 Å². The second kappa shape index (κ2) is 7.75. The summed E-state index contributed by atoms with van der Waals surface area (Å²) in [5.74, 6) is 0.997. The Kier molecular flexibility index (Phi) is 5.41. The number of ether oxygens (including phenoxy) is 1. The van der Waals surface area contributed by atoms with Gasteiger partial charge in [-0.25, -0.2) is 5.10 Å². The molecular formula is C18H15F3N4OS. The van der Waals surface area contributed by atoms with E-state index < -0.39 is 11.7 Å². The van der Waals surface area contributed by atoms with Crippen LogP contribution in [0.25, 0.3) is 11.4 Å². The van der Waals surface area contributed by atoms with Gasteiger partial charge in [-0.1, -0.05) is 24.3 Å². The molecule has 9 heteroatoms. The average Bonchev–Trinajstić information content (AvgIpc) is 3.01. The molecule has 0 radical (unpaired) electrons. The molecule has 3 rings (SSSR count). The second-order valence-electron chi connectivity index (χ2n) is 5.46. The number of rotatable bonds is 5. The van der Waals surface area contributed by atoms with E-state index in [1.807, 2.05) is 19.1 Å². The highest BCUT2D eigenvalue weighted by Gasteiger charge is 2.30. The van der Waals surface area contributed by atoms with Crippen LogP contribution in [0.3, 0.4) is 0 Å². The monoisotopic (exact) mass is 392 g/mol. The first-order chi connectivity index (χ1) is 12.9. The van der Waals surface area contributed by atoms with Crippen LogP contribution in [-0.4, -0.2) is 27.7 Å². The van der Waals surface area contributed by atoms with E-state index in [0.29, 0.717) is 23.7 Å². The summed E-state index contributed by atoms with van der Waals surface area (Å²) in [4.78, 5) is 0. The van der Waals surface area contributed by atoms with Crippen molar-refractivity contribution in [2.45, 2.75) is 13.1 Å². The zero-order chi connectivity index (χ0) is 19.4. The van der Waals surface area contributed by atoms with Crippen LogP contribution in [0.15, 0.2) is 53.6 Å². The standard InChI is InChI=1S/C18H15F3N4OS/c1-2-26-15-9-4-3-8-14(15)16-23-24-17(27)25(16)22-11-12-6-5-7-13(10-12)18(19,20)21/h3-11H,2H2,1H3,(H,24,27)/b22-11-. The van der Waals surface area contributed by atoms with E-state index in [-0.39, 0.29) is 10.3 Å². The van der Waals surface area contributed by atoms with Crippen molar-refractivity contribution in [1.82, 2.24) is 14.9 Å². The fourth-order valence-electron chi connectivity index (χ4n) is 2.43. The average molecular weight is 392 g/mol. The molecule has 0 aliphatic rings. The van der Waals surface area contributed by atoms with Gasteiger partial charge < -0.3 is 4.74 Å². The molecule has 0 amide bonds. The van der Waals surface area contributed by atoms with Crippen molar-refractivity contribution in [2.75, 3.05) is 6.61 Å². The summed E-state index contributed by atoms with van der Waals surface area (Å²) in [6.45, 7) is 2.33. The van der Waals surface area contributed by atoms with Crippen molar-refractivity contribution in [3.05, 3.63) is 64.4 Å². The maximum absolute atomic E-state index is 12.9. The molecule has 1 aromatic heterocycles. The molecule has 0 atom stereocenters. The van der Waals surface area contributed by atoms with Gasteiger partial charge in [-0.05, 0) is 49.0 Å². The van der Waals surface area contributed by atoms with Crippen LogP contribution in [0.5, 0.6) is 5.75 Å². The molecule has 5 nitrogen and oxygen atoms in total. The Labute approximate surface area is 158 Å². The molecule has 2 aromatic carbocycles. The quantitative estimate of drug-likeness (QED) is 0.496. The normalized spacial score (nSPS) is 11.9. The Bertz CT molecular complexity index is 1020. The number of para-hydroxylation sites is 1. The number of hydrogen-bond donors (Lipinski definition) is 1. The largest absolute Gasteiger partial charge is 0.493 e. The van der Waals surface area contributed by atoms with Gasteiger partial charge in [0.05, 0.1) is 23.9 Å². The minimum atomic E-state index is -4.42. The lowest BCUT2D eigenvalue weighted by molar-refractivity contribution is -0.137. The molecular weight excluding hydrogens is 377 g/mol. The van der Waals surface area contributed by atoms with Gasteiger partial charge in [-0.3, -0.25) is 0 Å². The number of nitrogens with zero attached hydrogens (tertiary/aromatic N) is 3. The number of benzene rings is 2. The molecule has 0 spiro atoms. The summed E-state index contributed by atoms with van der Waals surface area (Å²) in [5.41, 5.74) is 0.203. The minimum absolute atomic E-state index is 0.208. The van der Waals surface area contributed by atoms with Crippen LogP contribution in [0.2, 0.25) is 0 Å². The highest BCUT2D eigenvalue weighted by atomic mass is 32.1. The molecule has 0 bridgehead atoms. The van der Waals surface area contributed by atoms with Crippen LogP contribution in [-0.2, 0) is 6.18 Å². The van der Waals surface area contributed by atoms with E-state index in [1.165, 1.54) is 23.0 Å². The minimum Gasteiger partial charge on any atom is -0.493 e. The molecule has 0 aliphatic carbocycles. The summed E-state index contributed by atoms with van der Waals surface area (Å²) in [6, 6.07) is 12.1. The first-order valence-corrected chi connectivity index (χ1v) is 8.42. The molecule has 140 valence electrons. The van der Waals surface area contributed by atoms with Crippen LogP contribution in [0.1, 0.15) is 18.1 Å². The molecule has 27 heavy (non-hydrogen) atoms. The third-order valence-electron chi connectivity index (χ3n) is 3.61. The Morgan fingerprint density at radius 3 is 2.74 bits per heavy atom. The fraction of sp³-hybridized carbons (Fsp3) is 0.167. The molecule has 0 saturated carbocycles. The zero-order valence-electron chi connectivity index (χ0n) is 14.2. The number of hydrogen-bond acceptors (Lipinski definition) is 4. The predicted molar refractivity (Wildman–Crippen MR) is 98.5 cm³/mol. The molecule has 0 unspecified atom stereocenters. The first kappa shape index (κ1) is 18.8. The first-order valence-electron chi connectivity index (χ1n) is 8.01. The van der Waals surface area contributed by atoms with Crippen molar-refractivity contribution >= 4 is 18.4 Å². The summed E-state index contributed by atoms with van der Waals surface area (Å²) in [6.07, 6.45) is -3.12. The van der Waals surface area contributed by atoms with Gasteiger partial charge in [0.1, 0.15) is 5.75 Å². The van der Waals surface area contributed by atoms with Crippen molar-refractivity contribution in [3.63, 3.8) is 0 Å². The Morgan fingerprint density at radius 1 is 1.22 bits per heavy atom. The van der Waals surface area contributed by atoms with Crippen molar-refractivity contribution in [2.24, 2.45) is 5.10 Å². The summed E-state index contributed by atoms with van der Waals surface area (Å²) >= 11 is 5.19. The third-order valence-corrected chi connectivity index (χ3v) is 3.88. The number of alkyl halides is 3. The lowest BCUT2D eigenvalue weighted by Crippen LogP contribution is -2.05. The SMILES string of the molecule is CCOc1ccccc1-c1n[nH]c(=S)n1/N=C\c1cccc(C(F)(F)F)c1. The fourth-order valence-corrected chi connectivity index (χ4v) is 2.60. The van der Waals surface area contributed by atoms with Crippen LogP contribution in [0, 0.1) is 4.77 Å². The van der Waals surface area contributed by atoms with Gasteiger partial charge in [-0.2, -0.15) is 28.0 Å². The number of aromatic amines is 1. The van der Waals surface area contributed by atoms with Crippen LogP contribution < -0.4 is 4.74 Å². The number of nitrogens with one attached hydrogen (secondary N) is 1. The van der Waals surface area contributed by atoms with Crippen molar-refractivity contribution < 1.29 is 17.9 Å². The van der Waals surface area contributed by atoms with Crippen LogP contribution in [0.4, 0.5) is 13.2 Å². The molecule has 1 heterocycles. The van der Waals surface area contributed by atoms with Gasteiger partial charge in [0.2, 0.25) is 4.77 Å². The Balaban J connectivity index is 2.00. The number of halogens is 3. The smallest absolute Gasteiger partial charge is 0.416 e. The number of H-pyrrole nitrogens is 1. The lowest BCUT2D eigenvalue weighted by Gasteiger charge is -2.09. The Hall–Kier alpha value is -2.94. The van der Waals surface area contributed by atoms with E-state index in [0.717, 1.165) is 12.1 Å². The zero-order valence-corrected chi connectivity index (χ0v) is 15.0. The van der Waals surface area contributed by atoms with E-state index in [1.54, 1.807) is 12.1 Å². The molecule has 1 N–H and O–H groups in total. The van der Waals surface area contributed by atoms with Gasteiger partial charge in [-0.15, -0.1) is 0 Å². The number of aromatic nitrogens is 3. The van der Waals surface area contributed by atoms with Gasteiger partial charge in [0, 0.05) is 0 Å². The van der Waals surface area contributed by atoms with Gasteiger partial charge >= 0.3 is 6.18 Å². The Morgan fingerprint density at radius 2 is 2.00 bits per heavy atom. The van der Waals surface area contributed by atoms with E-state index in [4.69, 9.17) is 17.0 Å². The van der Waals surface area contributed by atoms with Gasteiger partial charge in [0.25, 0.3) is 0 Å². The highest BCUT2D eigenvalue weighted by molar-refractivity contribution is 7.71. The summed E-state index contributed by atoms with van der Waals surface area (Å²) in [5, 5.41) is 11.0. The van der Waals surface area contributed by atoms with Crippen molar-refractivity contribution in [1.29, 1.82) is 0 Å². The maximum Gasteiger partial charge on any atom is 0.416 e. The summed E-state index contributed by atoms with van der Waals surface area (Å²) < 4.78 is 45.7. The topological polar surface area (TPSA) is 55.2 Å².